The molecule has 132 valence electrons. The van der Waals surface area contributed by atoms with Crippen LogP contribution in [0.25, 0.3) is 0 Å². The molecule has 1 N–H and O–H groups in total. The van der Waals surface area contributed by atoms with Crippen molar-refractivity contribution in [2.45, 2.75) is 44.2 Å². The summed E-state index contributed by atoms with van der Waals surface area (Å²) in [7, 11) is 0. The number of hydrogen-bond acceptors (Lipinski definition) is 4. The number of amides is 1. The van der Waals surface area contributed by atoms with Crippen LogP contribution in [0.4, 0.5) is 10.1 Å². The van der Waals surface area contributed by atoms with E-state index in [1.54, 1.807) is 12.1 Å². The predicted octanol–water partition coefficient (Wildman–Crippen LogP) is 2.56. The van der Waals surface area contributed by atoms with E-state index in [2.05, 4.69) is 10.4 Å². The lowest BCUT2D eigenvalue weighted by molar-refractivity contribution is -0.385. The third-order valence-corrected chi connectivity index (χ3v) is 5.03. The van der Waals surface area contributed by atoms with E-state index < -0.39 is 10.5 Å². The van der Waals surface area contributed by atoms with Crippen molar-refractivity contribution in [3.8, 4) is 0 Å². The number of nitrogens with zero attached hydrogens (tertiary/aromatic N) is 3. The van der Waals surface area contributed by atoms with Gasteiger partial charge in [0.25, 0.3) is 0 Å². The van der Waals surface area contributed by atoms with Crippen LogP contribution in [-0.4, -0.2) is 26.1 Å². The predicted molar refractivity (Wildman–Crippen MR) is 88.4 cm³/mol. The highest BCUT2D eigenvalue weighted by atomic mass is 19.1. The standard InChI is InChI=1S/C17H19FN4O3/c1-16(2,12-3-5-13(18)6-4-12)17(7-8-17)20-15(23)11-21-10-14(9-19-21)22(24)25/h3-6,9-10H,7-8,11H2,1-2H3,(H,20,23). The molecule has 1 aliphatic rings. The molecule has 0 bridgehead atoms. The van der Waals surface area contributed by atoms with E-state index in [9.17, 15) is 19.3 Å². The molecule has 25 heavy (non-hydrogen) atoms. The van der Waals surface area contributed by atoms with Crippen molar-refractivity contribution < 1.29 is 14.1 Å². The first-order chi connectivity index (χ1) is 11.7. The highest BCUT2D eigenvalue weighted by Crippen LogP contribution is 2.51. The average Bonchev–Trinajstić information content (AvgIpc) is 3.17. The van der Waals surface area contributed by atoms with Crippen molar-refractivity contribution in [3.63, 3.8) is 0 Å². The van der Waals surface area contributed by atoms with Gasteiger partial charge in [-0.3, -0.25) is 19.6 Å². The Labute approximate surface area is 144 Å². The van der Waals surface area contributed by atoms with Gasteiger partial charge < -0.3 is 5.32 Å². The van der Waals surface area contributed by atoms with E-state index in [1.165, 1.54) is 23.0 Å². The molecule has 1 fully saturated rings. The van der Waals surface area contributed by atoms with Gasteiger partial charge in [-0.05, 0) is 30.5 Å². The molecule has 3 rings (SSSR count). The molecule has 0 aliphatic heterocycles. The monoisotopic (exact) mass is 346 g/mol. The zero-order valence-corrected chi connectivity index (χ0v) is 14.0. The molecule has 1 heterocycles. The zero-order valence-electron chi connectivity index (χ0n) is 14.0. The molecule has 0 unspecified atom stereocenters. The van der Waals surface area contributed by atoms with E-state index in [1.807, 2.05) is 13.8 Å². The van der Waals surface area contributed by atoms with Crippen LogP contribution >= 0.6 is 0 Å². The molecule has 0 spiro atoms. The van der Waals surface area contributed by atoms with Gasteiger partial charge in [-0.2, -0.15) is 5.10 Å². The minimum absolute atomic E-state index is 0.0882. The van der Waals surface area contributed by atoms with Crippen molar-refractivity contribution in [3.05, 3.63) is 58.2 Å². The molecule has 1 aliphatic carbocycles. The number of carbonyl (C=O) groups is 1. The van der Waals surface area contributed by atoms with Gasteiger partial charge in [0.15, 0.2) is 0 Å². The quantitative estimate of drug-likeness (QED) is 0.643. The van der Waals surface area contributed by atoms with E-state index in [-0.39, 0.29) is 29.4 Å². The molecule has 1 aromatic heterocycles. The topological polar surface area (TPSA) is 90.1 Å². The van der Waals surface area contributed by atoms with E-state index in [0.717, 1.165) is 24.6 Å². The largest absolute Gasteiger partial charge is 0.348 e. The summed E-state index contributed by atoms with van der Waals surface area (Å²) in [6.45, 7) is 3.95. The summed E-state index contributed by atoms with van der Waals surface area (Å²) in [6, 6.07) is 6.30. The Morgan fingerprint density at radius 3 is 2.56 bits per heavy atom. The first-order valence-electron chi connectivity index (χ1n) is 7.97. The Bertz CT molecular complexity index is 810. The number of nitrogens with one attached hydrogen (secondary N) is 1. The molecule has 8 heteroatoms. The lowest BCUT2D eigenvalue weighted by Crippen LogP contribution is -2.50. The second kappa shape index (κ2) is 5.94. The number of rotatable bonds is 6. The average molecular weight is 346 g/mol. The summed E-state index contributed by atoms with van der Waals surface area (Å²) in [5.41, 5.74) is 0.0232. The van der Waals surface area contributed by atoms with Gasteiger partial charge in [-0.25, -0.2) is 4.39 Å². The van der Waals surface area contributed by atoms with Gasteiger partial charge >= 0.3 is 5.69 Å². The summed E-state index contributed by atoms with van der Waals surface area (Å²) in [4.78, 5) is 22.5. The van der Waals surface area contributed by atoms with Crippen molar-refractivity contribution in [1.29, 1.82) is 0 Å². The molecule has 7 nitrogen and oxygen atoms in total. The van der Waals surface area contributed by atoms with Crippen molar-refractivity contribution in [2.24, 2.45) is 0 Å². The first kappa shape index (κ1) is 17.1. The molecular weight excluding hydrogens is 327 g/mol. The van der Waals surface area contributed by atoms with Gasteiger partial charge in [0.2, 0.25) is 5.91 Å². The highest BCUT2D eigenvalue weighted by molar-refractivity contribution is 5.77. The van der Waals surface area contributed by atoms with Crippen LogP contribution in [0.5, 0.6) is 0 Å². The normalized spacial score (nSPS) is 15.6. The fourth-order valence-corrected chi connectivity index (χ4v) is 3.16. The van der Waals surface area contributed by atoms with Gasteiger partial charge in [0, 0.05) is 11.0 Å². The first-order valence-corrected chi connectivity index (χ1v) is 7.97. The third kappa shape index (κ3) is 3.24. The highest BCUT2D eigenvalue weighted by Gasteiger charge is 2.55. The Morgan fingerprint density at radius 2 is 2.04 bits per heavy atom. The molecule has 1 aromatic carbocycles. The molecular formula is C17H19FN4O3. The van der Waals surface area contributed by atoms with Crippen LogP contribution < -0.4 is 5.32 Å². The summed E-state index contributed by atoms with van der Waals surface area (Å²) < 4.78 is 14.4. The Kier molecular flexibility index (Phi) is 4.06. The Hall–Kier alpha value is -2.77. The zero-order chi connectivity index (χ0) is 18.2. The van der Waals surface area contributed by atoms with Crippen LogP contribution in [0.1, 0.15) is 32.3 Å². The maximum atomic E-state index is 13.2. The number of nitro groups is 1. The number of carbonyl (C=O) groups excluding carboxylic acids is 1. The van der Waals surface area contributed by atoms with E-state index in [0.29, 0.717) is 0 Å². The molecule has 2 aromatic rings. The van der Waals surface area contributed by atoms with Gasteiger partial charge in [0.1, 0.15) is 24.8 Å². The number of aromatic nitrogens is 2. The molecule has 0 saturated heterocycles. The number of benzene rings is 1. The maximum absolute atomic E-state index is 13.2. The molecule has 1 amide bonds. The fourth-order valence-electron chi connectivity index (χ4n) is 3.16. The van der Waals surface area contributed by atoms with Crippen LogP contribution in [0.2, 0.25) is 0 Å². The summed E-state index contributed by atoms with van der Waals surface area (Å²) in [5.74, 6) is -0.556. The van der Waals surface area contributed by atoms with Crippen LogP contribution in [0.3, 0.4) is 0 Å². The second-order valence-corrected chi connectivity index (χ2v) is 6.92. The maximum Gasteiger partial charge on any atom is 0.307 e. The minimum Gasteiger partial charge on any atom is -0.348 e. The Morgan fingerprint density at radius 1 is 1.40 bits per heavy atom. The fraction of sp³-hybridized carbons (Fsp3) is 0.412. The SMILES string of the molecule is CC(C)(c1ccc(F)cc1)C1(NC(=O)Cn2cc([N+](=O)[O-])cn2)CC1. The number of halogens is 1. The molecule has 1 saturated carbocycles. The molecule has 0 atom stereocenters. The number of hydrogen-bond donors (Lipinski definition) is 1. The minimum atomic E-state index is -0.554. The lowest BCUT2D eigenvalue weighted by Gasteiger charge is -2.36. The van der Waals surface area contributed by atoms with Crippen molar-refractivity contribution in [2.75, 3.05) is 0 Å². The second-order valence-electron chi connectivity index (χ2n) is 6.92. The van der Waals surface area contributed by atoms with E-state index >= 15 is 0 Å². The van der Waals surface area contributed by atoms with Gasteiger partial charge in [0.05, 0.1) is 4.92 Å². The van der Waals surface area contributed by atoms with Gasteiger partial charge in [-0.15, -0.1) is 0 Å². The summed E-state index contributed by atoms with van der Waals surface area (Å²) in [6.07, 6.45) is 3.98. The Balaban J connectivity index is 1.71. The van der Waals surface area contributed by atoms with Crippen LogP contribution in [0, 0.1) is 15.9 Å². The van der Waals surface area contributed by atoms with Crippen LogP contribution in [-0.2, 0) is 16.8 Å². The van der Waals surface area contributed by atoms with Gasteiger partial charge in [-0.1, -0.05) is 26.0 Å². The van der Waals surface area contributed by atoms with E-state index in [4.69, 9.17) is 0 Å². The van der Waals surface area contributed by atoms with Crippen LogP contribution in [0.15, 0.2) is 36.7 Å². The lowest BCUT2D eigenvalue weighted by atomic mass is 9.75. The summed E-state index contributed by atoms with van der Waals surface area (Å²) >= 11 is 0. The summed E-state index contributed by atoms with van der Waals surface area (Å²) in [5, 5.41) is 17.6. The van der Waals surface area contributed by atoms with Crippen molar-refractivity contribution in [1.82, 2.24) is 15.1 Å². The van der Waals surface area contributed by atoms with Crippen molar-refractivity contribution >= 4 is 11.6 Å². The third-order valence-electron chi connectivity index (χ3n) is 5.03. The molecule has 0 radical (unpaired) electrons. The smallest absolute Gasteiger partial charge is 0.307 e.